The Hall–Kier alpha value is -1.41. The van der Waals surface area contributed by atoms with E-state index in [1.165, 1.54) is 10.8 Å². The topological polar surface area (TPSA) is 0 Å². The Morgan fingerprint density at radius 2 is 1.56 bits per heavy atom. The lowest BCUT2D eigenvalue weighted by atomic mass is 10.2. The average molecular weight is 230 g/mol. The predicted octanol–water partition coefficient (Wildman–Crippen LogP) is 2.38. The molecule has 0 radical (unpaired) electrons. The van der Waals surface area contributed by atoms with Crippen LogP contribution in [0.4, 0.5) is 4.39 Å². The zero-order valence-electron chi connectivity index (χ0n) is 9.36. The summed E-state index contributed by atoms with van der Waals surface area (Å²) in [6.07, 6.45) is 0. The summed E-state index contributed by atoms with van der Waals surface area (Å²) in [5, 5.41) is 1.46. The summed E-state index contributed by atoms with van der Waals surface area (Å²) in [5.74, 6) is -0.155. The number of rotatable bonds is 3. The molecule has 0 amide bonds. The van der Waals surface area contributed by atoms with Crippen LogP contribution in [-0.2, 0) is 0 Å². The molecule has 1 atom stereocenters. The molecule has 0 unspecified atom stereocenters. The Labute approximate surface area is 98.0 Å². The first kappa shape index (κ1) is 11.1. The van der Waals surface area contributed by atoms with Gasteiger partial charge in [0, 0.05) is 0 Å². The maximum absolute atomic E-state index is 12.8. The number of hydrogen-bond donors (Lipinski definition) is 0. The Morgan fingerprint density at radius 3 is 2.19 bits per heavy atom. The lowest BCUT2D eigenvalue weighted by molar-refractivity contribution is 0.627. The molecule has 2 heteroatoms. The number of benzene rings is 2. The summed E-state index contributed by atoms with van der Waals surface area (Å²) in [6, 6.07) is 17.5. The van der Waals surface area contributed by atoms with Crippen LogP contribution in [0.2, 0.25) is 0 Å². The molecule has 16 heavy (non-hydrogen) atoms. The van der Waals surface area contributed by atoms with Crippen LogP contribution in [0.5, 0.6) is 0 Å². The average Bonchev–Trinajstić information content (AvgIpc) is 2.31. The van der Waals surface area contributed by atoms with Crippen LogP contribution in [0.3, 0.4) is 0 Å². The second-order valence-electron chi connectivity index (χ2n) is 4.14. The highest BCUT2D eigenvalue weighted by molar-refractivity contribution is 6.54. The third-order valence-electron chi connectivity index (χ3n) is 2.82. The molecule has 0 saturated heterocycles. The molecule has 0 aliphatic rings. The molecule has 0 aliphatic heterocycles. The first-order valence-corrected chi connectivity index (χ1v) is 7.07. The zero-order chi connectivity index (χ0) is 11.4. The van der Waals surface area contributed by atoms with E-state index >= 15 is 0 Å². The van der Waals surface area contributed by atoms with Gasteiger partial charge in [-0.3, -0.25) is 0 Å². The van der Waals surface area contributed by atoms with E-state index in [4.69, 9.17) is 0 Å². The van der Waals surface area contributed by atoms with E-state index in [0.717, 1.165) is 0 Å². The number of hydrogen-bond acceptors (Lipinski definition) is 0. The fourth-order valence-corrected chi connectivity index (χ4v) is 3.64. The first-order chi connectivity index (χ1) is 7.75. The molecule has 0 heterocycles. The first-order valence-electron chi connectivity index (χ1n) is 5.55. The van der Waals surface area contributed by atoms with E-state index in [9.17, 15) is 4.39 Å². The van der Waals surface area contributed by atoms with Gasteiger partial charge in [-0.15, -0.1) is 0 Å². The molecule has 0 fully saturated rings. The van der Waals surface area contributed by atoms with Gasteiger partial charge in [0.2, 0.25) is 0 Å². The van der Waals surface area contributed by atoms with Gasteiger partial charge in [0.25, 0.3) is 0 Å². The van der Waals surface area contributed by atoms with E-state index in [1.807, 2.05) is 18.2 Å². The van der Waals surface area contributed by atoms with Crippen molar-refractivity contribution >= 4 is 14.7 Å². The molecule has 2 rings (SSSR count). The third-order valence-corrected chi connectivity index (χ3v) is 4.85. The highest BCUT2D eigenvalue weighted by atomic mass is 28.2. The fraction of sp³-hybridized carbons (Fsp3) is 0.143. The smallest absolute Gasteiger partial charge is 0.123 e. The second kappa shape index (κ2) is 5.08. The number of halogens is 1. The van der Waals surface area contributed by atoms with Gasteiger partial charge in [0.15, 0.2) is 0 Å². The van der Waals surface area contributed by atoms with Crippen LogP contribution in [0, 0.1) is 5.82 Å². The van der Waals surface area contributed by atoms with Gasteiger partial charge in [0.1, 0.15) is 5.82 Å². The van der Waals surface area contributed by atoms with Gasteiger partial charge in [-0.05, 0) is 23.2 Å². The third kappa shape index (κ3) is 2.80. The van der Waals surface area contributed by atoms with Gasteiger partial charge < -0.3 is 0 Å². The SMILES string of the molecule is C[C@H]([SiH2]c1ccccc1)c1ccc(F)cc1. The Kier molecular flexibility index (Phi) is 3.52. The Morgan fingerprint density at radius 1 is 0.938 bits per heavy atom. The van der Waals surface area contributed by atoms with Crippen molar-refractivity contribution in [3.8, 4) is 0 Å². The van der Waals surface area contributed by atoms with Crippen LogP contribution >= 0.6 is 0 Å². The highest BCUT2D eigenvalue weighted by Gasteiger charge is 2.07. The van der Waals surface area contributed by atoms with Crippen LogP contribution in [0.15, 0.2) is 54.6 Å². The zero-order valence-corrected chi connectivity index (χ0v) is 10.8. The molecule has 0 bridgehead atoms. The summed E-state index contributed by atoms with van der Waals surface area (Å²) in [5.41, 5.74) is 1.81. The standard InChI is InChI=1S/C14H15FSi/c1-11(12-7-9-13(15)10-8-12)16-14-5-3-2-4-6-14/h2-11H,16H2,1H3/t11-/m0/s1. The minimum absolute atomic E-state index is 0.155. The minimum atomic E-state index is -0.320. The van der Waals surface area contributed by atoms with Crippen LogP contribution < -0.4 is 5.19 Å². The van der Waals surface area contributed by atoms with Crippen molar-refractivity contribution in [1.29, 1.82) is 0 Å². The molecular weight excluding hydrogens is 215 g/mol. The van der Waals surface area contributed by atoms with Crippen molar-refractivity contribution in [2.75, 3.05) is 0 Å². The highest BCUT2D eigenvalue weighted by Crippen LogP contribution is 2.13. The van der Waals surface area contributed by atoms with E-state index in [-0.39, 0.29) is 15.3 Å². The Balaban J connectivity index is 2.09. The maximum atomic E-state index is 12.8. The molecule has 2 aromatic rings. The monoisotopic (exact) mass is 230 g/mol. The van der Waals surface area contributed by atoms with Gasteiger partial charge in [-0.1, -0.05) is 54.6 Å². The van der Waals surface area contributed by atoms with Crippen LogP contribution in [0.1, 0.15) is 18.0 Å². The molecule has 82 valence electrons. The summed E-state index contributed by atoms with van der Waals surface area (Å²) >= 11 is 0. The second-order valence-corrected chi connectivity index (χ2v) is 6.59. The molecule has 0 aromatic heterocycles. The van der Waals surface area contributed by atoms with Crippen molar-refractivity contribution in [2.24, 2.45) is 0 Å². The van der Waals surface area contributed by atoms with Crippen LogP contribution in [0.25, 0.3) is 0 Å². The van der Waals surface area contributed by atoms with Gasteiger partial charge >= 0.3 is 0 Å². The lowest BCUT2D eigenvalue weighted by Gasteiger charge is -2.11. The lowest BCUT2D eigenvalue weighted by Crippen LogP contribution is -2.19. The quantitative estimate of drug-likeness (QED) is 0.710. The van der Waals surface area contributed by atoms with E-state index in [1.54, 1.807) is 12.1 Å². The van der Waals surface area contributed by atoms with Crippen molar-refractivity contribution in [3.63, 3.8) is 0 Å². The molecule has 0 aliphatic carbocycles. The molecule has 2 aromatic carbocycles. The van der Waals surface area contributed by atoms with Gasteiger partial charge in [-0.25, -0.2) is 4.39 Å². The summed E-state index contributed by atoms with van der Waals surface area (Å²) < 4.78 is 12.8. The van der Waals surface area contributed by atoms with Crippen molar-refractivity contribution in [1.82, 2.24) is 0 Å². The summed E-state index contributed by atoms with van der Waals surface area (Å²) in [6.45, 7) is 2.23. The van der Waals surface area contributed by atoms with Crippen molar-refractivity contribution in [2.45, 2.75) is 12.5 Å². The minimum Gasteiger partial charge on any atom is -0.207 e. The summed E-state index contributed by atoms with van der Waals surface area (Å²) in [7, 11) is -0.320. The van der Waals surface area contributed by atoms with Crippen LogP contribution in [-0.4, -0.2) is 9.52 Å². The predicted molar refractivity (Wildman–Crippen MR) is 69.4 cm³/mol. The maximum Gasteiger partial charge on any atom is 0.123 e. The Bertz CT molecular complexity index is 436. The molecule has 0 spiro atoms. The summed E-state index contributed by atoms with van der Waals surface area (Å²) in [4.78, 5) is 0. The van der Waals surface area contributed by atoms with Crippen molar-refractivity contribution < 1.29 is 4.39 Å². The molecule has 0 nitrogen and oxygen atoms in total. The van der Waals surface area contributed by atoms with Crippen molar-refractivity contribution in [3.05, 3.63) is 66.0 Å². The molecular formula is C14H15FSi. The van der Waals surface area contributed by atoms with Gasteiger partial charge in [-0.2, -0.15) is 0 Å². The van der Waals surface area contributed by atoms with E-state index < -0.39 is 0 Å². The van der Waals surface area contributed by atoms with E-state index in [0.29, 0.717) is 5.54 Å². The molecule has 0 saturated carbocycles. The van der Waals surface area contributed by atoms with Gasteiger partial charge in [0.05, 0.1) is 9.52 Å². The normalized spacial score (nSPS) is 13.1. The molecule has 0 N–H and O–H groups in total. The van der Waals surface area contributed by atoms with E-state index in [2.05, 4.69) is 31.2 Å². The largest absolute Gasteiger partial charge is 0.207 e. The fourth-order valence-electron chi connectivity index (χ4n) is 1.88.